The molecule has 0 amide bonds. The molecule has 0 radical (unpaired) electrons. The van der Waals surface area contributed by atoms with Crippen LogP contribution in [0.4, 0.5) is 0 Å². The Balaban J connectivity index is 1.90. The van der Waals surface area contributed by atoms with Crippen LogP contribution in [0.5, 0.6) is 0 Å². The fourth-order valence-electron chi connectivity index (χ4n) is 2.86. The van der Waals surface area contributed by atoms with Crippen LogP contribution in [-0.2, 0) is 20.8 Å². The van der Waals surface area contributed by atoms with Crippen LogP contribution in [0.2, 0.25) is 0 Å². The monoisotopic (exact) mass is 303 g/mol. The topological polar surface area (TPSA) is 51.5 Å². The molecule has 4 heteroatoms. The van der Waals surface area contributed by atoms with Gasteiger partial charge in [-0.1, -0.05) is 44.2 Å². The summed E-state index contributed by atoms with van der Waals surface area (Å²) in [6.45, 7) is 9.00. The highest BCUT2D eigenvalue weighted by Gasteiger charge is 2.43. The molecule has 4 atom stereocenters. The second-order valence-corrected chi connectivity index (χ2v) is 6.49. The van der Waals surface area contributed by atoms with Crippen molar-refractivity contribution in [2.75, 3.05) is 6.61 Å². The SMILES string of the molecule is C[C@H]1[C@@H]([C@@H](C)COCc2ccccc2)OC(C)(C)O[C@H]1C#N. The number of nitrogens with zero attached hydrogens (tertiary/aromatic N) is 1. The molecule has 1 aromatic rings. The van der Waals surface area contributed by atoms with E-state index in [4.69, 9.17) is 14.2 Å². The maximum Gasteiger partial charge on any atom is 0.164 e. The van der Waals surface area contributed by atoms with Crippen molar-refractivity contribution in [1.82, 2.24) is 0 Å². The summed E-state index contributed by atoms with van der Waals surface area (Å²) in [7, 11) is 0. The molecule has 0 unspecified atom stereocenters. The predicted octanol–water partition coefficient (Wildman–Crippen LogP) is 3.52. The van der Waals surface area contributed by atoms with Crippen molar-refractivity contribution < 1.29 is 14.2 Å². The maximum absolute atomic E-state index is 9.26. The van der Waals surface area contributed by atoms with Gasteiger partial charge in [0.25, 0.3) is 0 Å². The molecule has 1 aliphatic rings. The molecule has 22 heavy (non-hydrogen) atoms. The van der Waals surface area contributed by atoms with Gasteiger partial charge in [0, 0.05) is 11.8 Å². The minimum absolute atomic E-state index is 0.0216. The number of rotatable bonds is 5. The summed E-state index contributed by atoms with van der Waals surface area (Å²) in [6.07, 6.45) is -0.491. The van der Waals surface area contributed by atoms with E-state index in [9.17, 15) is 5.26 Å². The van der Waals surface area contributed by atoms with Gasteiger partial charge in [0.2, 0.25) is 0 Å². The highest BCUT2D eigenvalue weighted by Crippen LogP contribution is 2.34. The first-order chi connectivity index (χ1) is 10.4. The van der Waals surface area contributed by atoms with E-state index in [1.807, 2.05) is 51.1 Å². The van der Waals surface area contributed by atoms with E-state index in [-0.39, 0.29) is 17.9 Å². The average molecular weight is 303 g/mol. The van der Waals surface area contributed by atoms with Crippen LogP contribution < -0.4 is 0 Å². The van der Waals surface area contributed by atoms with Gasteiger partial charge in [-0.25, -0.2) is 0 Å². The molecular formula is C18H25NO3. The zero-order valence-corrected chi connectivity index (χ0v) is 13.8. The first kappa shape index (κ1) is 17.0. The molecule has 0 spiro atoms. The molecule has 0 saturated carbocycles. The first-order valence-electron chi connectivity index (χ1n) is 7.80. The van der Waals surface area contributed by atoms with Crippen LogP contribution in [0.15, 0.2) is 30.3 Å². The van der Waals surface area contributed by atoms with E-state index in [1.54, 1.807) is 0 Å². The Morgan fingerprint density at radius 1 is 1.27 bits per heavy atom. The molecule has 0 aromatic heterocycles. The Kier molecular flexibility index (Phi) is 5.57. The largest absolute Gasteiger partial charge is 0.376 e. The number of ether oxygens (including phenoxy) is 3. The van der Waals surface area contributed by atoms with Crippen LogP contribution in [-0.4, -0.2) is 24.6 Å². The molecule has 4 nitrogen and oxygen atoms in total. The molecule has 0 bridgehead atoms. The van der Waals surface area contributed by atoms with E-state index in [1.165, 1.54) is 0 Å². The number of hydrogen-bond donors (Lipinski definition) is 0. The van der Waals surface area contributed by atoms with Crippen molar-refractivity contribution in [3.63, 3.8) is 0 Å². The van der Waals surface area contributed by atoms with Crippen molar-refractivity contribution in [1.29, 1.82) is 5.26 Å². The first-order valence-corrected chi connectivity index (χ1v) is 7.80. The van der Waals surface area contributed by atoms with Gasteiger partial charge in [-0.2, -0.15) is 5.26 Å². The lowest BCUT2D eigenvalue weighted by Crippen LogP contribution is -2.52. The molecule has 120 valence electrons. The summed E-state index contributed by atoms with van der Waals surface area (Å²) >= 11 is 0. The summed E-state index contributed by atoms with van der Waals surface area (Å²) in [5, 5.41) is 9.26. The van der Waals surface area contributed by atoms with Crippen LogP contribution in [0.25, 0.3) is 0 Å². The van der Waals surface area contributed by atoms with Crippen LogP contribution >= 0.6 is 0 Å². The van der Waals surface area contributed by atoms with Crippen molar-refractivity contribution in [2.24, 2.45) is 11.8 Å². The molecule has 1 fully saturated rings. The summed E-state index contributed by atoms with van der Waals surface area (Å²) in [6, 6.07) is 12.3. The molecular weight excluding hydrogens is 278 g/mol. The quantitative estimate of drug-likeness (QED) is 0.835. The van der Waals surface area contributed by atoms with Crippen molar-refractivity contribution in [3.8, 4) is 6.07 Å². The van der Waals surface area contributed by atoms with Gasteiger partial charge >= 0.3 is 0 Å². The summed E-state index contributed by atoms with van der Waals surface area (Å²) < 4.78 is 17.5. The molecule has 0 N–H and O–H groups in total. The Morgan fingerprint density at radius 2 is 1.95 bits per heavy atom. The Morgan fingerprint density at radius 3 is 2.59 bits per heavy atom. The third kappa shape index (κ3) is 4.30. The predicted molar refractivity (Wildman–Crippen MR) is 83.9 cm³/mol. The fourth-order valence-corrected chi connectivity index (χ4v) is 2.86. The Labute approximate surface area is 133 Å². The van der Waals surface area contributed by atoms with Crippen LogP contribution in [0, 0.1) is 23.2 Å². The van der Waals surface area contributed by atoms with Gasteiger partial charge in [-0.05, 0) is 19.4 Å². The lowest BCUT2D eigenvalue weighted by Gasteiger charge is -2.44. The summed E-state index contributed by atoms with van der Waals surface area (Å²) in [5.74, 6) is -0.517. The molecule has 1 heterocycles. The van der Waals surface area contributed by atoms with Gasteiger partial charge in [0.15, 0.2) is 11.9 Å². The lowest BCUT2D eigenvalue weighted by molar-refractivity contribution is -0.317. The standard InChI is InChI=1S/C18H25NO3/c1-13(11-20-12-15-8-6-5-7-9-15)17-14(2)16(10-19)21-18(3,4)22-17/h5-9,13-14,16-17H,11-12H2,1-4H3/t13-,14+,16-,17+/m0/s1. The summed E-state index contributed by atoms with van der Waals surface area (Å²) in [4.78, 5) is 0. The van der Waals surface area contributed by atoms with E-state index in [0.717, 1.165) is 5.56 Å². The smallest absolute Gasteiger partial charge is 0.164 e. The molecule has 2 rings (SSSR count). The zero-order valence-electron chi connectivity index (χ0n) is 13.8. The Bertz CT molecular complexity index is 509. The fraction of sp³-hybridized carbons (Fsp3) is 0.611. The van der Waals surface area contributed by atoms with Crippen LogP contribution in [0.3, 0.4) is 0 Å². The van der Waals surface area contributed by atoms with E-state index in [0.29, 0.717) is 13.2 Å². The second kappa shape index (κ2) is 7.23. The van der Waals surface area contributed by atoms with E-state index in [2.05, 4.69) is 13.0 Å². The lowest BCUT2D eigenvalue weighted by atomic mass is 9.88. The highest BCUT2D eigenvalue weighted by molar-refractivity contribution is 5.13. The minimum Gasteiger partial charge on any atom is -0.376 e. The van der Waals surface area contributed by atoms with Gasteiger partial charge in [-0.3, -0.25) is 0 Å². The average Bonchev–Trinajstić information content (AvgIpc) is 2.50. The minimum atomic E-state index is -0.731. The summed E-state index contributed by atoms with van der Waals surface area (Å²) in [5.41, 5.74) is 1.16. The number of benzene rings is 1. The second-order valence-electron chi connectivity index (χ2n) is 6.49. The normalized spacial score (nSPS) is 28.8. The highest BCUT2D eigenvalue weighted by atomic mass is 16.7. The van der Waals surface area contributed by atoms with Gasteiger partial charge in [0.1, 0.15) is 0 Å². The Hall–Kier alpha value is -1.41. The number of nitriles is 1. The molecule has 1 aromatic carbocycles. The third-order valence-electron chi connectivity index (χ3n) is 4.01. The maximum atomic E-state index is 9.26. The number of hydrogen-bond acceptors (Lipinski definition) is 4. The molecule has 1 aliphatic heterocycles. The molecule has 0 aliphatic carbocycles. The van der Waals surface area contributed by atoms with Crippen molar-refractivity contribution in [2.45, 2.75) is 52.3 Å². The zero-order chi connectivity index (χ0) is 16.2. The third-order valence-corrected chi connectivity index (χ3v) is 4.01. The van der Waals surface area contributed by atoms with Crippen LogP contribution in [0.1, 0.15) is 33.3 Å². The van der Waals surface area contributed by atoms with Gasteiger partial charge in [-0.15, -0.1) is 0 Å². The van der Waals surface area contributed by atoms with E-state index < -0.39 is 11.9 Å². The molecule has 1 saturated heterocycles. The van der Waals surface area contributed by atoms with Crippen molar-refractivity contribution >= 4 is 0 Å². The van der Waals surface area contributed by atoms with Crippen molar-refractivity contribution in [3.05, 3.63) is 35.9 Å². The van der Waals surface area contributed by atoms with Gasteiger partial charge < -0.3 is 14.2 Å². The van der Waals surface area contributed by atoms with Gasteiger partial charge in [0.05, 0.1) is 25.4 Å². The van der Waals surface area contributed by atoms with E-state index >= 15 is 0 Å².